The molecule has 1 aliphatic rings. The van der Waals surface area contributed by atoms with Gasteiger partial charge in [0.2, 0.25) is 0 Å². The lowest BCUT2D eigenvalue weighted by Crippen LogP contribution is -2.25. The van der Waals surface area contributed by atoms with Crippen molar-refractivity contribution in [2.24, 2.45) is 7.05 Å². The van der Waals surface area contributed by atoms with Gasteiger partial charge < -0.3 is 5.32 Å². The Kier molecular flexibility index (Phi) is 3.88. The number of nitrogens with zero attached hydrogens (tertiary/aromatic N) is 2. The van der Waals surface area contributed by atoms with Crippen LogP contribution in [0.4, 0.5) is 0 Å². The summed E-state index contributed by atoms with van der Waals surface area (Å²) in [4.78, 5) is 0. The van der Waals surface area contributed by atoms with E-state index in [0.717, 1.165) is 13.0 Å². The van der Waals surface area contributed by atoms with Crippen LogP contribution in [0.25, 0.3) is 0 Å². The summed E-state index contributed by atoms with van der Waals surface area (Å²) in [5.74, 6) is 0. The number of aryl methyl sites for hydroxylation is 3. The van der Waals surface area contributed by atoms with Crippen LogP contribution in [0, 0.1) is 0 Å². The van der Waals surface area contributed by atoms with Crippen LogP contribution in [0.3, 0.4) is 0 Å². The molecule has 20 heavy (non-hydrogen) atoms. The molecular weight excluding hydrogens is 246 g/mol. The molecule has 0 aliphatic heterocycles. The van der Waals surface area contributed by atoms with E-state index in [2.05, 4.69) is 41.6 Å². The third-order valence-corrected chi connectivity index (χ3v) is 4.21. The highest BCUT2D eigenvalue weighted by Gasteiger charge is 2.19. The largest absolute Gasteiger partial charge is 0.305 e. The van der Waals surface area contributed by atoms with Crippen LogP contribution in [-0.2, 0) is 19.9 Å². The number of nitrogens with one attached hydrogen (secondary N) is 1. The van der Waals surface area contributed by atoms with Crippen molar-refractivity contribution in [3.8, 4) is 0 Å². The molecule has 3 nitrogen and oxygen atoms in total. The second kappa shape index (κ2) is 5.80. The molecule has 0 spiro atoms. The minimum Gasteiger partial charge on any atom is -0.305 e. The fourth-order valence-corrected chi connectivity index (χ4v) is 3.12. The van der Waals surface area contributed by atoms with Crippen molar-refractivity contribution in [3.05, 3.63) is 52.8 Å². The van der Waals surface area contributed by atoms with Gasteiger partial charge >= 0.3 is 0 Å². The van der Waals surface area contributed by atoms with E-state index in [1.165, 1.54) is 41.6 Å². The molecule has 0 fully saturated rings. The zero-order chi connectivity index (χ0) is 13.9. The average Bonchev–Trinajstić information content (AvgIpc) is 3.08. The van der Waals surface area contributed by atoms with Gasteiger partial charge in [0.1, 0.15) is 0 Å². The maximum absolute atomic E-state index is 4.32. The molecule has 3 rings (SSSR count). The average molecular weight is 269 g/mol. The molecule has 0 bridgehead atoms. The highest BCUT2D eigenvalue weighted by Crippen LogP contribution is 2.28. The Morgan fingerprint density at radius 2 is 2.10 bits per heavy atom. The van der Waals surface area contributed by atoms with Crippen molar-refractivity contribution in [3.63, 3.8) is 0 Å². The molecule has 1 unspecified atom stereocenters. The van der Waals surface area contributed by atoms with Gasteiger partial charge in [0, 0.05) is 13.2 Å². The van der Waals surface area contributed by atoms with Gasteiger partial charge in [-0.15, -0.1) is 0 Å². The second-order valence-electron chi connectivity index (χ2n) is 5.65. The minimum absolute atomic E-state index is 0.244. The van der Waals surface area contributed by atoms with Crippen molar-refractivity contribution in [2.45, 2.75) is 38.6 Å². The van der Waals surface area contributed by atoms with Gasteiger partial charge in [-0.25, -0.2) is 0 Å². The first-order valence-electron chi connectivity index (χ1n) is 7.62. The summed E-state index contributed by atoms with van der Waals surface area (Å²) < 4.78 is 1.97. The number of rotatable bonds is 5. The Morgan fingerprint density at radius 1 is 1.25 bits per heavy atom. The van der Waals surface area contributed by atoms with Crippen LogP contribution >= 0.6 is 0 Å². The molecule has 0 amide bonds. The quantitative estimate of drug-likeness (QED) is 0.904. The molecule has 0 radical (unpaired) electrons. The number of aromatic nitrogens is 2. The smallest absolute Gasteiger partial charge is 0.0748 e. The van der Waals surface area contributed by atoms with Gasteiger partial charge in [-0.1, -0.05) is 25.1 Å². The number of hydrogen-bond acceptors (Lipinski definition) is 2. The number of benzene rings is 1. The standard InChI is InChI=1S/C17H23N3/c1-3-10-18-17(16-9-11-19-20(16)2)15-8-7-13-5-4-6-14(13)12-15/h7-9,11-12,17-18H,3-6,10H2,1-2H3. The van der Waals surface area contributed by atoms with Crippen LogP contribution in [0.2, 0.25) is 0 Å². The van der Waals surface area contributed by atoms with Gasteiger partial charge in [0.15, 0.2) is 0 Å². The van der Waals surface area contributed by atoms with Crippen molar-refractivity contribution >= 4 is 0 Å². The molecule has 0 saturated carbocycles. The van der Waals surface area contributed by atoms with Crippen molar-refractivity contribution in [1.29, 1.82) is 0 Å². The highest BCUT2D eigenvalue weighted by atomic mass is 15.3. The van der Waals surface area contributed by atoms with Crippen LogP contribution in [0.15, 0.2) is 30.5 Å². The molecule has 1 aliphatic carbocycles. The topological polar surface area (TPSA) is 29.9 Å². The molecule has 1 heterocycles. The Morgan fingerprint density at radius 3 is 2.85 bits per heavy atom. The number of fused-ring (bicyclic) bond motifs is 1. The van der Waals surface area contributed by atoms with Gasteiger partial charge in [-0.05, 0) is 55.0 Å². The maximum atomic E-state index is 4.32. The summed E-state index contributed by atoms with van der Waals surface area (Å²) >= 11 is 0. The SMILES string of the molecule is CCCNC(c1ccc2c(c1)CCC2)c1ccnn1C. The lowest BCUT2D eigenvalue weighted by molar-refractivity contribution is 0.553. The predicted octanol–water partition coefficient (Wildman–Crippen LogP) is 3.00. The Hall–Kier alpha value is -1.61. The third kappa shape index (κ3) is 2.50. The minimum atomic E-state index is 0.244. The van der Waals surface area contributed by atoms with E-state index in [1.54, 1.807) is 0 Å². The molecule has 1 aromatic heterocycles. The predicted molar refractivity (Wildman–Crippen MR) is 81.8 cm³/mol. The van der Waals surface area contributed by atoms with Crippen LogP contribution in [-0.4, -0.2) is 16.3 Å². The van der Waals surface area contributed by atoms with Crippen molar-refractivity contribution < 1.29 is 0 Å². The summed E-state index contributed by atoms with van der Waals surface area (Å²) in [7, 11) is 2.02. The van der Waals surface area contributed by atoms with E-state index in [1.807, 2.05) is 17.9 Å². The summed E-state index contributed by atoms with van der Waals surface area (Å²) in [6, 6.07) is 9.34. The van der Waals surface area contributed by atoms with Gasteiger partial charge in [0.25, 0.3) is 0 Å². The van der Waals surface area contributed by atoms with E-state index in [0.29, 0.717) is 0 Å². The Bertz CT molecular complexity index is 586. The molecular formula is C17H23N3. The Labute approximate surface area is 121 Å². The second-order valence-corrected chi connectivity index (χ2v) is 5.65. The highest BCUT2D eigenvalue weighted by molar-refractivity contribution is 5.39. The normalized spacial score (nSPS) is 15.3. The first-order valence-corrected chi connectivity index (χ1v) is 7.62. The first-order chi connectivity index (χ1) is 9.79. The van der Waals surface area contributed by atoms with E-state index in [4.69, 9.17) is 0 Å². The summed E-state index contributed by atoms with van der Waals surface area (Å²) in [5, 5.41) is 7.98. The molecule has 1 aromatic carbocycles. The maximum Gasteiger partial charge on any atom is 0.0748 e. The van der Waals surface area contributed by atoms with Crippen LogP contribution in [0.1, 0.15) is 48.2 Å². The lowest BCUT2D eigenvalue weighted by atomic mass is 9.98. The fourth-order valence-electron chi connectivity index (χ4n) is 3.12. The molecule has 3 heteroatoms. The zero-order valence-corrected chi connectivity index (χ0v) is 12.4. The zero-order valence-electron chi connectivity index (χ0n) is 12.4. The summed E-state index contributed by atoms with van der Waals surface area (Å²) in [6.07, 6.45) is 6.80. The molecule has 2 aromatic rings. The summed E-state index contributed by atoms with van der Waals surface area (Å²) in [6.45, 7) is 3.23. The van der Waals surface area contributed by atoms with Gasteiger partial charge in [-0.2, -0.15) is 5.10 Å². The molecule has 1 atom stereocenters. The summed E-state index contributed by atoms with van der Waals surface area (Å²) in [5.41, 5.74) is 5.67. The van der Waals surface area contributed by atoms with Gasteiger partial charge in [0.05, 0.1) is 11.7 Å². The van der Waals surface area contributed by atoms with E-state index in [-0.39, 0.29) is 6.04 Å². The van der Waals surface area contributed by atoms with E-state index < -0.39 is 0 Å². The molecule has 106 valence electrons. The first kappa shape index (κ1) is 13.4. The molecule has 0 saturated heterocycles. The van der Waals surface area contributed by atoms with Gasteiger partial charge in [-0.3, -0.25) is 4.68 Å². The third-order valence-electron chi connectivity index (χ3n) is 4.21. The number of hydrogen-bond donors (Lipinski definition) is 1. The van der Waals surface area contributed by atoms with Crippen LogP contribution < -0.4 is 5.32 Å². The molecule has 1 N–H and O–H groups in total. The van der Waals surface area contributed by atoms with E-state index >= 15 is 0 Å². The fraction of sp³-hybridized carbons (Fsp3) is 0.471. The van der Waals surface area contributed by atoms with Crippen molar-refractivity contribution in [1.82, 2.24) is 15.1 Å². The Balaban J connectivity index is 1.94. The lowest BCUT2D eigenvalue weighted by Gasteiger charge is -2.20. The van der Waals surface area contributed by atoms with E-state index in [9.17, 15) is 0 Å². The van der Waals surface area contributed by atoms with Crippen LogP contribution in [0.5, 0.6) is 0 Å². The van der Waals surface area contributed by atoms with Crippen molar-refractivity contribution in [2.75, 3.05) is 6.54 Å². The monoisotopic (exact) mass is 269 g/mol.